The normalized spacial score (nSPS) is 15.7. The minimum absolute atomic E-state index is 0.0138. The van der Waals surface area contributed by atoms with Gasteiger partial charge in [-0.1, -0.05) is 23.9 Å². The number of rotatable bonds is 5. The number of fused-ring (bicyclic) bond motifs is 1. The van der Waals surface area contributed by atoms with E-state index in [1.54, 1.807) is 18.0 Å². The van der Waals surface area contributed by atoms with Gasteiger partial charge in [-0.25, -0.2) is 0 Å². The van der Waals surface area contributed by atoms with Gasteiger partial charge in [-0.3, -0.25) is 15.1 Å². The molecule has 1 aliphatic rings. The number of nitrogens with zero attached hydrogens (tertiary/aromatic N) is 4. The summed E-state index contributed by atoms with van der Waals surface area (Å²) in [6.45, 7) is 0.723. The highest BCUT2D eigenvalue weighted by Gasteiger charge is 2.19. The van der Waals surface area contributed by atoms with Gasteiger partial charge in [0.2, 0.25) is 0 Å². The molecule has 0 bridgehead atoms. The van der Waals surface area contributed by atoms with Crippen molar-refractivity contribution in [2.45, 2.75) is 12.5 Å². The van der Waals surface area contributed by atoms with E-state index >= 15 is 0 Å². The lowest BCUT2D eigenvalue weighted by atomic mass is 10.1. The Balaban J connectivity index is 1.42. The van der Waals surface area contributed by atoms with Crippen LogP contribution in [-0.2, 0) is 6.42 Å². The van der Waals surface area contributed by atoms with Crippen molar-refractivity contribution in [3.05, 3.63) is 60.0 Å². The fraction of sp³-hybridized carbons (Fsp3) is 0.235. The molecule has 1 aliphatic heterocycles. The molecule has 4 rings (SSSR count). The van der Waals surface area contributed by atoms with Crippen molar-refractivity contribution in [3.63, 3.8) is 0 Å². The third-order valence-electron chi connectivity index (χ3n) is 3.91. The first-order valence-corrected chi connectivity index (χ1v) is 8.82. The Labute approximate surface area is 144 Å². The number of H-pyrrole nitrogens is 1. The summed E-state index contributed by atoms with van der Waals surface area (Å²) in [4.78, 5) is 4.33. The number of pyridine rings is 1. The molecular formula is C17H18N6S. The molecule has 0 aliphatic carbocycles. The average Bonchev–Trinajstić information content (AvgIpc) is 3.24. The van der Waals surface area contributed by atoms with E-state index in [1.165, 1.54) is 0 Å². The standard InChI is InChI=1S/C17H18N6S/c18-14(8-15-3-1-2-6-19-15)10-23-11-24-17(22-23)12-4-5-16-13(7-12)9-20-21-16/h1-7,9,14H,8,10-11,18H2,(H,20,21)/t14-/m0/s1. The number of aromatic nitrogens is 3. The Kier molecular flexibility index (Phi) is 4.18. The molecule has 0 fully saturated rings. The maximum atomic E-state index is 6.26. The predicted molar refractivity (Wildman–Crippen MR) is 97.7 cm³/mol. The van der Waals surface area contributed by atoms with Crippen molar-refractivity contribution < 1.29 is 0 Å². The summed E-state index contributed by atoms with van der Waals surface area (Å²) >= 11 is 1.74. The van der Waals surface area contributed by atoms with Crippen molar-refractivity contribution in [1.82, 2.24) is 20.2 Å². The number of hydrogen-bond donors (Lipinski definition) is 2. The minimum Gasteiger partial charge on any atom is -0.326 e. The lowest BCUT2D eigenvalue weighted by Gasteiger charge is -2.18. The largest absolute Gasteiger partial charge is 0.326 e. The van der Waals surface area contributed by atoms with Gasteiger partial charge in [-0.15, -0.1) is 0 Å². The molecule has 24 heavy (non-hydrogen) atoms. The monoisotopic (exact) mass is 338 g/mol. The predicted octanol–water partition coefficient (Wildman–Crippen LogP) is 2.20. The third kappa shape index (κ3) is 3.27. The first-order chi connectivity index (χ1) is 11.8. The van der Waals surface area contributed by atoms with E-state index in [0.29, 0.717) is 0 Å². The highest BCUT2D eigenvalue weighted by atomic mass is 32.2. The van der Waals surface area contributed by atoms with E-state index < -0.39 is 0 Å². The Morgan fingerprint density at radius 2 is 2.25 bits per heavy atom. The van der Waals surface area contributed by atoms with Crippen LogP contribution in [0.25, 0.3) is 10.9 Å². The zero-order valence-corrected chi connectivity index (χ0v) is 13.9. The van der Waals surface area contributed by atoms with Crippen LogP contribution >= 0.6 is 11.8 Å². The van der Waals surface area contributed by atoms with E-state index in [2.05, 4.69) is 27.3 Å². The molecule has 6 nitrogen and oxygen atoms in total. The van der Waals surface area contributed by atoms with Gasteiger partial charge in [0, 0.05) is 35.3 Å². The van der Waals surface area contributed by atoms with E-state index in [1.807, 2.05) is 35.5 Å². The molecule has 2 aromatic heterocycles. The molecule has 3 heterocycles. The van der Waals surface area contributed by atoms with Crippen LogP contribution in [0.5, 0.6) is 0 Å². The smallest absolute Gasteiger partial charge is 0.125 e. The molecule has 7 heteroatoms. The number of aromatic amines is 1. The van der Waals surface area contributed by atoms with Crippen LogP contribution < -0.4 is 5.73 Å². The lowest BCUT2D eigenvalue weighted by Crippen LogP contribution is -2.35. The van der Waals surface area contributed by atoms with Crippen LogP contribution in [0.1, 0.15) is 11.3 Å². The molecule has 3 N–H and O–H groups in total. The van der Waals surface area contributed by atoms with Gasteiger partial charge in [-0.2, -0.15) is 10.2 Å². The average molecular weight is 338 g/mol. The fourth-order valence-corrected chi connectivity index (χ4v) is 3.66. The second-order valence-electron chi connectivity index (χ2n) is 5.82. The van der Waals surface area contributed by atoms with Crippen molar-refractivity contribution >= 4 is 27.7 Å². The van der Waals surface area contributed by atoms with Crippen molar-refractivity contribution in [2.75, 3.05) is 12.4 Å². The maximum absolute atomic E-state index is 6.26. The molecule has 0 spiro atoms. The van der Waals surface area contributed by atoms with Crippen LogP contribution in [0, 0.1) is 0 Å². The van der Waals surface area contributed by atoms with E-state index in [4.69, 9.17) is 10.8 Å². The number of nitrogens with one attached hydrogen (secondary N) is 1. The molecule has 0 radical (unpaired) electrons. The zero-order valence-electron chi connectivity index (χ0n) is 13.1. The number of benzene rings is 1. The SMILES string of the molecule is N[C@@H](Cc1ccccn1)CN1CSC(c2ccc3[nH]ncc3c2)=N1. The molecule has 3 aromatic rings. The van der Waals surface area contributed by atoms with Crippen molar-refractivity contribution in [3.8, 4) is 0 Å². The summed E-state index contributed by atoms with van der Waals surface area (Å²) in [5.41, 5.74) is 9.44. The second kappa shape index (κ2) is 6.62. The van der Waals surface area contributed by atoms with E-state index in [9.17, 15) is 0 Å². The first-order valence-electron chi connectivity index (χ1n) is 7.83. The summed E-state index contributed by atoms with van der Waals surface area (Å²) in [6, 6.07) is 12.2. The molecule has 1 atom stereocenters. The van der Waals surface area contributed by atoms with Crippen LogP contribution in [0.3, 0.4) is 0 Å². The quantitative estimate of drug-likeness (QED) is 0.745. The van der Waals surface area contributed by atoms with Gasteiger partial charge in [0.25, 0.3) is 0 Å². The van der Waals surface area contributed by atoms with Crippen LogP contribution in [0.15, 0.2) is 53.9 Å². The topological polar surface area (TPSA) is 83.2 Å². The second-order valence-corrected chi connectivity index (χ2v) is 6.76. The summed E-state index contributed by atoms with van der Waals surface area (Å²) < 4.78 is 0. The summed E-state index contributed by atoms with van der Waals surface area (Å²) in [6.07, 6.45) is 4.39. The van der Waals surface area contributed by atoms with Crippen LogP contribution in [-0.4, -0.2) is 43.7 Å². The number of hydrogen-bond acceptors (Lipinski definition) is 6. The van der Waals surface area contributed by atoms with Gasteiger partial charge in [0.05, 0.1) is 24.1 Å². The zero-order chi connectivity index (χ0) is 16.4. The molecule has 0 amide bonds. The Morgan fingerprint density at radius 3 is 3.12 bits per heavy atom. The first kappa shape index (κ1) is 15.2. The highest BCUT2D eigenvalue weighted by molar-refractivity contribution is 8.14. The van der Waals surface area contributed by atoms with Gasteiger partial charge in [0.15, 0.2) is 0 Å². The summed E-state index contributed by atoms with van der Waals surface area (Å²) in [5, 5.41) is 15.9. The number of thioether (sulfide) groups is 1. The van der Waals surface area contributed by atoms with Crippen LogP contribution in [0.4, 0.5) is 0 Å². The molecule has 1 aromatic carbocycles. The lowest BCUT2D eigenvalue weighted by molar-refractivity contribution is 0.319. The van der Waals surface area contributed by atoms with Crippen molar-refractivity contribution in [1.29, 1.82) is 0 Å². The Morgan fingerprint density at radius 1 is 1.29 bits per heavy atom. The van der Waals surface area contributed by atoms with Crippen molar-refractivity contribution in [2.24, 2.45) is 10.8 Å². The number of hydrazone groups is 1. The Bertz CT molecular complexity index is 860. The van der Waals surface area contributed by atoms with E-state index in [-0.39, 0.29) is 6.04 Å². The molecule has 0 saturated heterocycles. The van der Waals surface area contributed by atoms with Gasteiger partial charge in [0.1, 0.15) is 5.04 Å². The minimum atomic E-state index is 0.0138. The fourth-order valence-electron chi connectivity index (χ4n) is 2.75. The van der Waals surface area contributed by atoms with Gasteiger partial charge in [-0.05, 0) is 24.3 Å². The van der Waals surface area contributed by atoms with E-state index in [0.717, 1.165) is 46.0 Å². The van der Waals surface area contributed by atoms with Gasteiger partial charge >= 0.3 is 0 Å². The molecular weight excluding hydrogens is 320 g/mol. The summed E-state index contributed by atoms with van der Waals surface area (Å²) in [5.74, 6) is 0.828. The molecule has 0 saturated carbocycles. The number of nitrogens with two attached hydrogens (primary N) is 1. The Hall–Kier alpha value is -2.38. The molecule has 122 valence electrons. The van der Waals surface area contributed by atoms with Crippen LogP contribution in [0.2, 0.25) is 0 Å². The highest BCUT2D eigenvalue weighted by Crippen LogP contribution is 2.24. The third-order valence-corrected chi connectivity index (χ3v) is 4.93. The maximum Gasteiger partial charge on any atom is 0.125 e. The summed E-state index contributed by atoms with van der Waals surface area (Å²) in [7, 11) is 0. The molecule has 0 unspecified atom stereocenters. The van der Waals surface area contributed by atoms with Gasteiger partial charge < -0.3 is 5.73 Å².